The van der Waals surface area contributed by atoms with E-state index in [4.69, 9.17) is 4.74 Å². The molecule has 0 bridgehead atoms. The Balaban J connectivity index is 1.73. The topological polar surface area (TPSA) is 101 Å². The molecule has 7 heteroatoms. The van der Waals surface area contributed by atoms with Gasteiger partial charge in [-0.05, 0) is 44.7 Å². The lowest BCUT2D eigenvalue weighted by molar-refractivity contribution is -0.138. The molecule has 2 amide bonds. The van der Waals surface area contributed by atoms with Gasteiger partial charge in [0.25, 0.3) is 0 Å². The average Bonchev–Trinajstić information content (AvgIpc) is 3.02. The number of amides is 2. The molecule has 4 unspecified atom stereocenters. The molecule has 0 saturated carbocycles. The number of carbonyl (C=O) groups is 4. The van der Waals surface area contributed by atoms with Gasteiger partial charge in [0.05, 0.1) is 18.4 Å². The number of allylic oxidation sites excluding steroid dienone is 6. The normalized spacial score (nSPS) is 28.9. The fourth-order valence-electron chi connectivity index (χ4n) is 5.92. The first kappa shape index (κ1) is 21.4. The zero-order valence-corrected chi connectivity index (χ0v) is 18.8. The Morgan fingerprint density at radius 2 is 1.88 bits per heavy atom. The molecule has 1 aromatic carbocycles. The number of rotatable bonds is 3. The largest absolute Gasteiger partial charge is 0.504 e. The van der Waals surface area contributed by atoms with E-state index < -0.39 is 23.7 Å². The van der Waals surface area contributed by atoms with Crippen LogP contribution in [0.15, 0.2) is 52.6 Å². The van der Waals surface area contributed by atoms with Gasteiger partial charge in [0.1, 0.15) is 0 Å². The maximum Gasteiger partial charge on any atom is 0.233 e. The van der Waals surface area contributed by atoms with E-state index in [1.54, 1.807) is 25.1 Å². The van der Waals surface area contributed by atoms with Crippen molar-refractivity contribution in [2.24, 2.45) is 17.8 Å². The summed E-state index contributed by atoms with van der Waals surface area (Å²) in [5.74, 6) is -2.86. The van der Waals surface area contributed by atoms with Crippen LogP contribution in [0.1, 0.15) is 38.2 Å². The van der Waals surface area contributed by atoms with Crippen LogP contribution in [0, 0.1) is 17.8 Å². The lowest BCUT2D eigenvalue weighted by atomic mass is 9.59. The molecule has 0 spiro atoms. The number of ketones is 2. The number of nitrogens with zero attached hydrogens (tertiary/aromatic N) is 1. The Bertz CT molecular complexity index is 1220. The maximum absolute atomic E-state index is 13.3. The molecule has 7 nitrogen and oxygen atoms in total. The van der Waals surface area contributed by atoms with Crippen LogP contribution in [0.4, 0.5) is 0 Å². The molecule has 1 aromatic rings. The third kappa shape index (κ3) is 2.95. The highest BCUT2D eigenvalue weighted by Crippen LogP contribution is 2.56. The summed E-state index contributed by atoms with van der Waals surface area (Å²) in [5.41, 5.74) is 2.35. The summed E-state index contributed by atoms with van der Waals surface area (Å²) in [7, 11) is 1.49. The van der Waals surface area contributed by atoms with Crippen LogP contribution in [0.2, 0.25) is 0 Å². The van der Waals surface area contributed by atoms with Crippen LogP contribution in [0.25, 0.3) is 0 Å². The molecule has 3 aliphatic carbocycles. The van der Waals surface area contributed by atoms with Crippen molar-refractivity contribution >= 4 is 23.4 Å². The number of phenols is 1. The van der Waals surface area contributed by atoms with Gasteiger partial charge in [-0.25, -0.2) is 0 Å². The van der Waals surface area contributed by atoms with E-state index in [-0.39, 0.29) is 35.6 Å². The Kier molecular flexibility index (Phi) is 4.88. The highest BCUT2D eigenvalue weighted by atomic mass is 16.5. The smallest absolute Gasteiger partial charge is 0.233 e. The number of hydrogen-bond acceptors (Lipinski definition) is 6. The number of ether oxygens (including phenoxy) is 1. The van der Waals surface area contributed by atoms with Crippen LogP contribution in [-0.2, 0) is 19.2 Å². The van der Waals surface area contributed by atoms with Gasteiger partial charge >= 0.3 is 0 Å². The van der Waals surface area contributed by atoms with Crippen LogP contribution in [0.3, 0.4) is 0 Å². The highest BCUT2D eigenvalue weighted by molar-refractivity contribution is 6.24. The summed E-state index contributed by atoms with van der Waals surface area (Å²) in [4.78, 5) is 53.3. The molecule has 1 fully saturated rings. The van der Waals surface area contributed by atoms with Crippen molar-refractivity contribution in [1.29, 1.82) is 0 Å². The molecule has 0 aromatic heterocycles. The van der Waals surface area contributed by atoms with Gasteiger partial charge in [-0.15, -0.1) is 0 Å². The minimum Gasteiger partial charge on any atom is -0.504 e. The van der Waals surface area contributed by atoms with Gasteiger partial charge in [-0.1, -0.05) is 23.8 Å². The molecule has 1 N–H and O–H groups in total. The molecule has 4 aliphatic rings. The standard InChI is InChI=1S/C26H25NO6/c1-4-33-19-7-5-6-14(24(19)30)20-13-8-9-15-21(26(32)27(3)25(15)31)16(13)11-17-18(28)10-12(2)23(29)22(17)20/h5-8,10,15-16,20-21,30H,4,9,11H2,1-3H3. The zero-order chi connectivity index (χ0) is 23.6. The number of hydrogen-bond donors (Lipinski definition) is 1. The van der Waals surface area contributed by atoms with Gasteiger partial charge in [-0.3, -0.25) is 24.1 Å². The van der Waals surface area contributed by atoms with Crippen molar-refractivity contribution < 1.29 is 29.0 Å². The number of phenolic OH excluding ortho intramolecular Hbond substituents is 1. The molecule has 170 valence electrons. The summed E-state index contributed by atoms with van der Waals surface area (Å²) in [5, 5.41) is 11.1. The number of aromatic hydroxyl groups is 1. The fourth-order valence-corrected chi connectivity index (χ4v) is 5.92. The van der Waals surface area contributed by atoms with Crippen molar-refractivity contribution in [3.63, 3.8) is 0 Å². The second kappa shape index (κ2) is 7.54. The van der Waals surface area contributed by atoms with Crippen LogP contribution < -0.4 is 4.74 Å². The Morgan fingerprint density at radius 1 is 1.12 bits per heavy atom. The molecule has 0 radical (unpaired) electrons. The lowest BCUT2D eigenvalue weighted by Crippen LogP contribution is -2.39. The summed E-state index contributed by atoms with van der Waals surface area (Å²) in [6, 6.07) is 5.11. The van der Waals surface area contributed by atoms with Crippen molar-refractivity contribution in [3.8, 4) is 11.5 Å². The summed E-state index contributed by atoms with van der Waals surface area (Å²) >= 11 is 0. The van der Waals surface area contributed by atoms with Crippen LogP contribution >= 0.6 is 0 Å². The predicted octanol–water partition coefficient (Wildman–Crippen LogP) is 2.85. The van der Waals surface area contributed by atoms with E-state index in [0.29, 0.717) is 41.1 Å². The van der Waals surface area contributed by atoms with Crippen molar-refractivity contribution in [3.05, 3.63) is 58.2 Å². The highest BCUT2D eigenvalue weighted by Gasteiger charge is 2.55. The van der Waals surface area contributed by atoms with Crippen LogP contribution in [0.5, 0.6) is 11.5 Å². The molecular weight excluding hydrogens is 422 g/mol. The molecule has 1 aliphatic heterocycles. The minimum atomic E-state index is -0.686. The number of fused-ring (bicyclic) bond motifs is 3. The molecule has 4 atom stereocenters. The van der Waals surface area contributed by atoms with Crippen molar-refractivity contribution in [1.82, 2.24) is 4.90 Å². The second-order valence-corrected chi connectivity index (χ2v) is 9.09. The predicted molar refractivity (Wildman–Crippen MR) is 118 cm³/mol. The molecule has 1 saturated heterocycles. The number of benzene rings is 1. The Morgan fingerprint density at radius 3 is 2.61 bits per heavy atom. The molecule has 5 rings (SSSR count). The first-order valence-corrected chi connectivity index (χ1v) is 11.2. The molecule has 1 heterocycles. The first-order valence-electron chi connectivity index (χ1n) is 11.2. The maximum atomic E-state index is 13.3. The SMILES string of the molecule is CCOc1cccc(C2C3=CCC4C(=O)N(C)C(=O)C4C3CC3=C2C(=O)C(C)=CC3=O)c1O. The van der Waals surface area contributed by atoms with E-state index in [1.165, 1.54) is 18.0 Å². The van der Waals surface area contributed by atoms with E-state index >= 15 is 0 Å². The van der Waals surface area contributed by atoms with Gasteiger partial charge in [0.15, 0.2) is 23.1 Å². The first-order chi connectivity index (χ1) is 15.8. The molecule has 33 heavy (non-hydrogen) atoms. The Labute approximate surface area is 191 Å². The van der Waals surface area contributed by atoms with Gasteiger partial charge in [0, 0.05) is 35.2 Å². The van der Waals surface area contributed by atoms with Crippen molar-refractivity contribution in [2.45, 2.75) is 32.6 Å². The third-order valence-corrected chi connectivity index (χ3v) is 7.43. The lowest BCUT2D eigenvalue weighted by Gasteiger charge is -2.42. The summed E-state index contributed by atoms with van der Waals surface area (Å²) in [6.45, 7) is 3.78. The quantitative estimate of drug-likeness (QED) is 0.434. The van der Waals surface area contributed by atoms with E-state index in [1.807, 2.05) is 13.0 Å². The fraction of sp³-hybridized carbons (Fsp3) is 0.385. The molecular formula is C26H25NO6. The number of imide groups is 1. The number of carbonyl (C=O) groups excluding carboxylic acids is 4. The van der Waals surface area contributed by atoms with E-state index in [9.17, 15) is 24.3 Å². The number of likely N-dealkylation sites (tertiary alicyclic amines) is 1. The monoisotopic (exact) mass is 447 g/mol. The van der Waals surface area contributed by atoms with Crippen LogP contribution in [-0.4, -0.2) is 47.0 Å². The second-order valence-electron chi connectivity index (χ2n) is 9.09. The zero-order valence-electron chi connectivity index (χ0n) is 18.8. The minimum absolute atomic E-state index is 0.0849. The van der Waals surface area contributed by atoms with Gasteiger partial charge in [0.2, 0.25) is 11.8 Å². The third-order valence-electron chi connectivity index (χ3n) is 7.43. The summed E-state index contributed by atoms with van der Waals surface area (Å²) in [6.07, 6.45) is 3.89. The summed E-state index contributed by atoms with van der Waals surface area (Å²) < 4.78 is 5.57. The van der Waals surface area contributed by atoms with Crippen molar-refractivity contribution in [2.75, 3.05) is 13.7 Å². The van der Waals surface area contributed by atoms with E-state index in [0.717, 1.165) is 5.57 Å². The average molecular weight is 447 g/mol. The van der Waals surface area contributed by atoms with Gasteiger partial charge < -0.3 is 9.84 Å². The number of para-hydroxylation sites is 1. The number of Topliss-reactive ketones (excluding diaryl/α,β-unsaturated/α-hetero) is 1. The van der Waals surface area contributed by atoms with E-state index in [2.05, 4.69) is 0 Å². The Hall–Kier alpha value is -3.48. The van der Waals surface area contributed by atoms with Gasteiger partial charge in [-0.2, -0.15) is 0 Å².